The Bertz CT molecular complexity index is 323. The van der Waals surface area contributed by atoms with E-state index in [1.165, 1.54) is 76.1 Å². The molecule has 1 atom stereocenters. The summed E-state index contributed by atoms with van der Waals surface area (Å²) in [6.45, 7) is 8.64. The molecule has 0 bridgehead atoms. The molecule has 20 heavy (non-hydrogen) atoms. The van der Waals surface area contributed by atoms with E-state index >= 15 is 0 Å². The highest BCUT2D eigenvalue weighted by Gasteiger charge is 2.51. The van der Waals surface area contributed by atoms with Crippen LogP contribution in [0, 0.1) is 5.92 Å². The average Bonchev–Trinajstić information content (AvgIpc) is 3.21. The van der Waals surface area contributed by atoms with Gasteiger partial charge in [-0.1, -0.05) is 19.8 Å². The van der Waals surface area contributed by atoms with Gasteiger partial charge in [-0.05, 0) is 63.0 Å². The number of piperazine rings is 1. The van der Waals surface area contributed by atoms with E-state index in [9.17, 15) is 0 Å². The molecule has 2 aliphatic carbocycles. The molecule has 1 N–H and O–H groups in total. The molecule has 1 aliphatic heterocycles. The molecule has 1 heterocycles. The maximum absolute atomic E-state index is 3.97. The lowest BCUT2D eigenvalue weighted by atomic mass is 9.83. The highest BCUT2D eigenvalue weighted by Crippen LogP contribution is 2.45. The molecule has 2 saturated carbocycles. The molecule has 0 aromatic rings. The molecular formula is C17H32N2S. The maximum atomic E-state index is 3.97. The van der Waals surface area contributed by atoms with Crippen molar-refractivity contribution in [3.63, 3.8) is 0 Å². The van der Waals surface area contributed by atoms with E-state index in [2.05, 4.69) is 35.8 Å². The number of hydrogen-bond acceptors (Lipinski definition) is 3. The fraction of sp³-hybridized carbons (Fsp3) is 1.00. The van der Waals surface area contributed by atoms with E-state index in [1.54, 1.807) is 0 Å². The van der Waals surface area contributed by atoms with Crippen molar-refractivity contribution in [3.05, 3.63) is 0 Å². The normalized spacial score (nSPS) is 33.9. The van der Waals surface area contributed by atoms with E-state index in [4.69, 9.17) is 0 Å². The van der Waals surface area contributed by atoms with Crippen molar-refractivity contribution in [2.24, 2.45) is 5.92 Å². The summed E-state index contributed by atoms with van der Waals surface area (Å²) in [6.07, 6.45) is 10.0. The first-order chi connectivity index (χ1) is 9.69. The topological polar surface area (TPSA) is 15.3 Å². The van der Waals surface area contributed by atoms with Crippen LogP contribution in [0.4, 0.5) is 0 Å². The van der Waals surface area contributed by atoms with Crippen molar-refractivity contribution in [1.29, 1.82) is 0 Å². The van der Waals surface area contributed by atoms with Crippen LogP contribution >= 0.6 is 11.8 Å². The maximum Gasteiger partial charge on any atom is 0.0334 e. The van der Waals surface area contributed by atoms with Crippen LogP contribution in [0.15, 0.2) is 0 Å². The fourth-order valence-electron chi connectivity index (χ4n) is 4.44. The highest BCUT2D eigenvalue weighted by molar-refractivity contribution is 7.99. The molecule has 0 aromatic heterocycles. The monoisotopic (exact) mass is 296 g/mol. The minimum Gasteiger partial charge on any atom is -0.308 e. The minimum atomic E-state index is 0.408. The standard InChI is InChI=1S/C17H32N2S/c1-3-20-12-6-11-19-14-16(2,15-7-8-15)18-13-17(19)9-4-5-10-17/h15,18H,3-14H2,1-2H3. The molecule has 0 radical (unpaired) electrons. The average molecular weight is 297 g/mol. The molecule has 2 nitrogen and oxygen atoms in total. The number of nitrogens with zero attached hydrogens (tertiary/aromatic N) is 1. The van der Waals surface area contributed by atoms with Crippen molar-refractivity contribution in [2.75, 3.05) is 31.1 Å². The number of rotatable bonds is 6. The van der Waals surface area contributed by atoms with Gasteiger partial charge < -0.3 is 5.32 Å². The quantitative estimate of drug-likeness (QED) is 0.755. The van der Waals surface area contributed by atoms with Crippen molar-refractivity contribution < 1.29 is 0 Å². The van der Waals surface area contributed by atoms with Gasteiger partial charge >= 0.3 is 0 Å². The molecule has 3 rings (SSSR count). The summed E-state index contributed by atoms with van der Waals surface area (Å²) >= 11 is 2.10. The Labute approximate surface area is 129 Å². The SMILES string of the molecule is CCSCCCN1CC(C)(C2CC2)NCC12CCCC2. The third-order valence-electron chi connectivity index (χ3n) is 5.94. The van der Waals surface area contributed by atoms with Crippen LogP contribution in [-0.2, 0) is 0 Å². The summed E-state index contributed by atoms with van der Waals surface area (Å²) in [5.41, 5.74) is 0.928. The van der Waals surface area contributed by atoms with Gasteiger partial charge in [0.25, 0.3) is 0 Å². The van der Waals surface area contributed by atoms with Gasteiger partial charge in [0, 0.05) is 24.2 Å². The highest BCUT2D eigenvalue weighted by atomic mass is 32.2. The van der Waals surface area contributed by atoms with E-state index in [1.807, 2.05) is 0 Å². The van der Waals surface area contributed by atoms with Crippen LogP contribution in [0.25, 0.3) is 0 Å². The molecule has 1 unspecified atom stereocenters. The summed E-state index contributed by atoms with van der Waals surface area (Å²) in [5.74, 6) is 3.57. The Morgan fingerprint density at radius 3 is 2.65 bits per heavy atom. The molecule has 116 valence electrons. The Morgan fingerprint density at radius 2 is 2.00 bits per heavy atom. The number of hydrogen-bond donors (Lipinski definition) is 1. The Morgan fingerprint density at radius 1 is 1.25 bits per heavy atom. The summed E-state index contributed by atoms with van der Waals surface area (Å²) in [6, 6.07) is 0. The predicted octanol–water partition coefficient (Wildman–Crippen LogP) is 3.52. The Balaban J connectivity index is 1.62. The van der Waals surface area contributed by atoms with Crippen LogP contribution in [0.1, 0.15) is 58.8 Å². The summed E-state index contributed by atoms with van der Waals surface area (Å²) < 4.78 is 0. The van der Waals surface area contributed by atoms with Crippen molar-refractivity contribution in [1.82, 2.24) is 10.2 Å². The molecule has 3 aliphatic rings. The van der Waals surface area contributed by atoms with Gasteiger partial charge in [-0.15, -0.1) is 0 Å². The predicted molar refractivity (Wildman–Crippen MR) is 89.5 cm³/mol. The number of nitrogens with one attached hydrogen (secondary N) is 1. The van der Waals surface area contributed by atoms with E-state index in [0.29, 0.717) is 11.1 Å². The van der Waals surface area contributed by atoms with Crippen LogP contribution in [0.3, 0.4) is 0 Å². The van der Waals surface area contributed by atoms with Crippen LogP contribution in [0.5, 0.6) is 0 Å². The molecule has 0 amide bonds. The first kappa shape index (κ1) is 15.2. The first-order valence-electron chi connectivity index (χ1n) is 8.76. The lowest BCUT2D eigenvalue weighted by Crippen LogP contribution is -2.69. The third kappa shape index (κ3) is 3.05. The van der Waals surface area contributed by atoms with Gasteiger partial charge in [0.15, 0.2) is 0 Å². The van der Waals surface area contributed by atoms with E-state index in [-0.39, 0.29) is 0 Å². The van der Waals surface area contributed by atoms with Crippen molar-refractivity contribution in [2.45, 2.75) is 69.9 Å². The Kier molecular flexibility index (Phi) is 4.69. The lowest BCUT2D eigenvalue weighted by Gasteiger charge is -2.53. The molecular weight excluding hydrogens is 264 g/mol. The summed E-state index contributed by atoms with van der Waals surface area (Å²) in [7, 11) is 0. The van der Waals surface area contributed by atoms with E-state index < -0.39 is 0 Å². The van der Waals surface area contributed by atoms with Gasteiger partial charge in [-0.25, -0.2) is 0 Å². The largest absolute Gasteiger partial charge is 0.308 e. The van der Waals surface area contributed by atoms with Crippen molar-refractivity contribution >= 4 is 11.8 Å². The molecule has 1 spiro atoms. The van der Waals surface area contributed by atoms with Crippen LogP contribution in [-0.4, -0.2) is 47.1 Å². The van der Waals surface area contributed by atoms with Gasteiger partial charge in [-0.2, -0.15) is 11.8 Å². The zero-order valence-electron chi connectivity index (χ0n) is 13.4. The van der Waals surface area contributed by atoms with Crippen LogP contribution < -0.4 is 5.32 Å². The second-order valence-electron chi connectivity index (χ2n) is 7.45. The minimum absolute atomic E-state index is 0.408. The van der Waals surface area contributed by atoms with Crippen molar-refractivity contribution in [3.8, 4) is 0 Å². The second-order valence-corrected chi connectivity index (χ2v) is 8.84. The number of thioether (sulfide) groups is 1. The van der Waals surface area contributed by atoms with Gasteiger partial charge in [0.2, 0.25) is 0 Å². The van der Waals surface area contributed by atoms with Gasteiger partial charge in [0.1, 0.15) is 0 Å². The second kappa shape index (κ2) is 6.18. The van der Waals surface area contributed by atoms with E-state index in [0.717, 1.165) is 5.92 Å². The molecule has 0 aromatic carbocycles. The van der Waals surface area contributed by atoms with Gasteiger partial charge in [-0.3, -0.25) is 4.90 Å². The third-order valence-corrected chi connectivity index (χ3v) is 6.93. The molecule has 3 fully saturated rings. The Hall–Kier alpha value is 0.270. The lowest BCUT2D eigenvalue weighted by molar-refractivity contribution is 0.00611. The van der Waals surface area contributed by atoms with Gasteiger partial charge in [0.05, 0.1) is 0 Å². The zero-order chi connectivity index (χ0) is 14.1. The molecule has 1 saturated heterocycles. The van der Waals surface area contributed by atoms with Crippen LogP contribution in [0.2, 0.25) is 0 Å². The first-order valence-corrected chi connectivity index (χ1v) is 9.92. The fourth-order valence-corrected chi connectivity index (χ4v) is 5.06. The smallest absolute Gasteiger partial charge is 0.0334 e. The zero-order valence-corrected chi connectivity index (χ0v) is 14.2. The molecule has 3 heteroatoms. The summed E-state index contributed by atoms with van der Waals surface area (Å²) in [4.78, 5) is 2.91. The summed E-state index contributed by atoms with van der Waals surface area (Å²) in [5, 5.41) is 3.97.